The van der Waals surface area contributed by atoms with Crippen LogP contribution in [0.4, 0.5) is 0 Å². The first-order chi connectivity index (χ1) is 12.7. The summed E-state index contributed by atoms with van der Waals surface area (Å²) in [6.45, 7) is 2.59. The molecular formula is C17H16N6O3. The second-order valence-electron chi connectivity index (χ2n) is 5.94. The zero-order chi connectivity index (χ0) is 18.1. The highest BCUT2D eigenvalue weighted by molar-refractivity contribution is 5.91. The molecule has 0 atom stereocenters. The van der Waals surface area contributed by atoms with Gasteiger partial charge < -0.3 is 14.4 Å². The number of hydrogen-bond acceptors (Lipinski definition) is 7. The second-order valence-corrected chi connectivity index (χ2v) is 5.94. The Balaban J connectivity index is 1.64. The minimum absolute atomic E-state index is 0.198. The number of aromatic amines is 1. The molecule has 0 fully saturated rings. The number of nitrogens with zero attached hydrogens (tertiary/aromatic N) is 5. The van der Waals surface area contributed by atoms with Crippen molar-refractivity contribution >= 4 is 5.91 Å². The lowest BCUT2D eigenvalue weighted by molar-refractivity contribution is 0.0689. The lowest BCUT2D eigenvalue weighted by Crippen LogP contribution is -2.39. The van der Waals surface area contributed by atoms with Gasteiger partial charge >= 0.3 is 0 Å². The molecule has 0 aliphatic carbocycles. The zero-order valence-electron chi connectivity index (χ0n) is 14.1. The van der Waals surface area contributed by atoms with Crippen molar-refractivity contribution in [2.45, 2.75) is 26.3 Å². The van der Waals surface area contributed by atoms with Crippen LogP contribution < -0.4 is 5.56 Å². The third kappa shape index (κ3) is 2.87. The molecular weight excluding hydrogens is 336 g/mol. The van der Waals surface area contributed by atoms with E-state index in [2.05, 4.69) is 25.1 Å². The van der Waals surface area contributed by atoms with Crippen molar-refractivity contribution in [3.05, 3.63) is 57.7 Å². The zero-order valence-corrected chi connectivity index (χ0v) is 14.1. The van der Waals surface area contributed by atoms with Gasteiger partial charge in [-0.05, 0) is 12.8 Å². The van der Waals surface area contributed by atoms with E-state index < -0.39 is 0 Å². The standard InChI is InChI=1S/C17H16N6O3/c1-2-10-7-14(26-22-10)17(25)23-6-3-11-13(9-23)20-15(21-16(11)24)12-8-18-4-5-19-12/h4-5,7-8H,2-3,6,9H2,1H3,(H,20,21,24). The van der Waals surface area contributed by atoms with Crippen LogP contribution in [0.25, 0.3) is 11.5 Å². The fourth-order valence-electron chi connectivity index (χ4n) is 2.89. The number of hydrogen-bond donors (Lipinski definition) is 1. The van der Waals surface area contributed by atoms with Crippen molar-refractivity contribution < 1.29 is 9.32 Å². The Bertz CT molecular complexity index is 1010. The molecule has 4 rings (SSSR count). The maximum atomic E-state index is 12.6. The number of H-pyrrole nitrogens is 1. The molecule has 0 unspecified atom stereocenters. The minimum Gasteiger partial charge on any atom is -0.351 e. The SMILES string of the molecule is CCc1cc(C(=O)N2CCc3c(nc(-c4cnccn4)[nH]c3=O)C2)on1. The van der Waals surface area contributed by atoms with E-state index in [-0.39, 0.29) is 23.8 Å². The summed E-state index contributed by atoms with van der Waals surface area (Å²) < 4.78 is 5.13. The van der Waals surface area contributed by atoms with Crippen LogP contribution >= 0.6 is 0 Å². The van der Waals surface area contributed by atoms with E-state index in [9.17, 15) is 9.59 Å². The van der Waals surface area contributed by atoms with Gasteiger partial charge in [-0.1, -0.05) is 12.1 Å². The number of nitrogens with one attached hydrogen (secondary N) is 1. The summed E-state index contributed by atoms with van der Waals surface area (Å²) in [4.78, 5) is 42.0. The summed E-state index contributed by atoms with van der Waals surface area (Å²) in [5.74, 6) is 0.277. The Morgan fingerprint density at radius 1 is 1.38 bits per heavy atom. The van der Waals surface area contributed by atoms with Crippen molar-refractivity contribution in [2.75, 3.05) is 6.54 Å². The maximum Gasteiger partial charge on any atom is 0.292 e. The van der Waals surface area contributed by atoms with Gasteiger partial charge in [-0.2, -0.15) is 0 Å². The molecule has 3 aromatic heterocycles. The highest BCUT2D eigenvalue weighted by atomic mass is 16.5. The maximum absolute atomic E-state index is 12.6. The van der Waals surface area contributed by atoms with E-state index in [4.69, 9.17) is 4.52 Å². The highest BCUT2D eigenvalue weighted by Crippen LogP contribution is 2.19. The molecule has 9 nitrogen and oxygen atoms in total. The predicted molar refractivity (Wildman–Crippen MR) is 90.2 cm³/mol. The van der Waals surface area contributed by atoms with Gasteiger partial charge in [0.15, 0.2) is 5.82 Å². The molecule has 9 heteroatoms. The van der Waals surface area contributed by atoms with Crippen LogP contribution in [0.1, 0.15) is 34.4 Å². The van der Waals surface area contributed by atoms with Crippen molar-refractivity contribution in [3.8, 4) is 11.5 Å². The predicted octanol–water partition coefficient (Wildman–Crippen LogP) is 0.976. The van der Waals surface area contributed by atoms with Crippen LogP contribution in [-0.4, -0.2) is 42.4 Å². The fourth-order valence-corrected chi connectivity index (χ4v) is 2.89. The molecule has 0 bridgehead atoms. The quantitative estimate of drug-likeness (QED) is 0.746. The second kappa shape index (κ2) is 6.51. The fraction of sp³-hybridized carbons (Fsp3) is 0.294. The molecule has 0 saturated heterocycles. The van der Waals surface area contributed by atoms with E-state index in [1.54, 1.807) is 17.2 Å². The van der Waals surface area contributed by atoms with Gasteiger partial charge in [-0.3, -0.25) is 14.6 Å². The molecule has 3 aromatic rings. The first-order valence-corrected chi connectivity index (χ1v) is 8.29. The Morgan fingerprint density at radius 2 is 2.27 bits per heavy atom. The molecule has 26 heavy (non-hydrogen) atoms. The Labute approximate surface area is 148 Å². The molecule has 0 aromatic carbocycles. The lowest BCUT2D eigenvalue weighted by Gasteiger charge is -2.26. The Morgan fingerprint density at radius 3 is 3.00 bits per heavy atom. The van der Waals surface area contributed by atoms with Gasteiger partial charge in [-0.15, -0.1) is 0 Å². The highest BCUT2D eigenvalue weighted by Gasteiger charge is 2.27. The summed E-state index contributed by atoms with van der Waals surface area (Å²) in [6.07, 6.45) is 5.72. The van der Waals surface area contributed by atoms with Gasteiger partial charge in [0.2, 0.25) is 5.76 Å². The topological polar surface area (TPSA) is 118 Å². The molecule has 0 saturated carbocycles. The number of amides is 1. The monoisotopic (exact) mass is 352 g/mol. The molecule has 4 heterocycles. The molecule has 1 aliphatic heterocycles. The van der Waals surface area contributed by atoms with E-state index in [1.165, 1.54) is 12.4 Å². The van der Waals surface area contributed by atoms with Crippen molar-refractivity contribution in [1.82, 2.24) is 30.0 Å². The molecule has 1 amide bonds. The summed E-state index contributed by atoms with van der Waals surface area (Å²) in [5.41, 5.74) is 2.14. The summed E-state index contributed by atoms with van der Waals surface area (Å²) >= 11 is 0. The van der Waals surface area contributed by atoms with Gasteiger partial charge in [0, 0.05) is 30.6 Å². The number of aromatic nitrogens is 5. The number of rotatable bonds is 3. The average Bonchev–Trinajstić information content (AvgIpc) is 3.17. The number of aryl methyl sites for hydroxylation is 1. The van der Waals surface area contributed by atoms with Gasteiger partial charge in [-0.25, -0.2) is 9.97 Å². The van der Waals surface area contributed by atoms with Crippen molar-refractivity contribution in [2.24, 2.45) is 0 Å². The van der Waals surface area contributed by atoms with Crippen LogP contribution in [0, 0.1) is 0 Å². The third-order valence-corrected chi connectivity index (χ3v) is 4.30. The van der Waals surface area contributed by atoms with Crippen LogP contribution in [0.2, 0.25) is 0 Å². The summed E-state index contributed by atoms with van der Waals surface area (Å²) in [5, 5.41) is 3.85. The van der Waals surface area contributed by atoms with Crippen LogP contribution in [0.3, 0.4) is 0 Å². The number of carbonyl (C=O) groups is 1. The number of fused-ring (bicyclic) bond motifs is 1. The minimum atomic E-state index is -0.258. The van der Waals surface area contributed by atoms with E-state index in [1.807, 2.05) is 6.92 Å². The molecule has 0 radical (unpaired) electrons. The first-order valence-electron chi connectivity index (χ1n) is 8.29. The Hall–Kier alpha value is -3.36. The normalized spacial score (nSPS) is 13.5. The molecule has 132 valence electrons. The van der Waals surface area contributed by atoms with Crippen molar-refractivity contribution in [3.63, 3.8) is 0 Å². The largest absolute Gasteiger partial charge is 0.351 e. The molecule has 0 spiro atoms. The Kier molecular flexibility index (Phi) is 4.04. The van der Waals surface area contributed by atoms with Gasteiger partial charge in [0.25, 0.3) is 11.5 Å². The van der Waals surface area contributed by atoms with E-state index >= 15 is 0 Å². The molecule has 1 aliphatic rings. The van der Waals surface area contributed by atoms with Gasteiger partial charge in [0.05, 0.1) is 24.1 Å². The lowest BCUT2D eigenvalue weighted by atomic mass is 10.1. The average molecular weight is 352 g/mol. The van der Waals surface area contributed by atoms with Crippen molar-refractivity contribution in [1.29, 1.82) is 0 Å². The molecule has 1 N–H and O–H groups in total. The summed E-state index contributed by atoms with van der Waals surface area (Å²) in [6, 6.07) is 1.65. The summed E-state index contributed by atoms with van der Waals surface area (Å²) in [7, 11) is 0. The van der Waals surface area contributed by atoms with Gasteiger partial charge in [0.1, 0.15) is 5.69 Å². The first kappa shape index (κ1) is 16.1. The smallest absolute Gasteiger partial charge is 0.292 e. The van der Waals surface area contributed by atoms with E-state index in [0.29, 0.717) is 42.2 Å². The van der Waals surface area contributed by atoms with E-state index in [0.717, 1.165) is 5.69 Å². The number of carbonyl (C=O) groups excluding carboxylic acids is 1. The third-order valence-electron chi connectivity index (χ3n) is 4.30. The van der Waals surface area contributed by atoms with Crippen LogP contribution in [0.5, 0.6) is 0 Å². The van der Waals surface area contributed by atoms with Crippen LogP contribution in [-0.2, 0) is 19.4 Å². The van der Waals surface area contributed by atoms with Crippen LogP contribution in [0.15, 0.2) is 34.0 Å².